The highest BCUT2D eigenvalue weighted by atomic mass is 16.4. The molecule has 0 saturated carbocycles. The molecule has 2 rings (SSSR count). The van der Waals surface area contributed by atoms with Crippen molar-refractivity contribution in [1.29, 1.82) is 0 Å². The Labute approximate surface area is 130 Å². The molecule has 2 heterocycles. The molecule has 1 fully saturated rings. The Balaban J connectivity index is 2.16. The maximum absolute atomic E-state index is 12.6. The maximum atomic E-state index is 12.6. The Hall–Kier alpha value is -2.11. The van der Waals surface area contributed by atoms with E-state index in [1.807, 2.05) is 39.8 Å². The first-order valence-corrected chi connectivity index (χ1v) is 7.40. The second kappa shape index (κ2) is 5.94. The summed E-state index contributed by atoms with van der Waals surface area (Å²) in [4.78, 5) is 31.5. The molecule has 120 valence electrons. The number of carboxylic acids is 1. The van der Waals surface area contributed by atoms with E-state index in [0.29, 0.717) is 19.6 Å². The largest absolute Gasteiger partial charge is 0.480 e. The van der Waals surface area contributed by atoms with Gasteiger partial charge in [-0.05, 0) is 24.0 Å². The van der Waals surface area contributed by atoms with E-state index in [1.165, 1.54) is 4.90 Å². The Bertz CT molecular complexity index is 580. The van der Waals surface area contributed by atoms with Crippen LogP contribution in [0.4, 0.5) is 4.79 Å². The van der Waals surface area contributed by atoms with Crippen molar-refractivity contribution in [2.45, 2.75) is 40.3 Å². The zero-order valence-electron chi connectivity index (χ0n) is 13.5. The Kier molecular flexibility index (Phi) is 4.39. The number of rotatable bonds is 4. The van der Waals surface area contributed by atoms with Crippen LogP contribution in [0.5, 0.6) is 0 Å². The van der Waals surface area contributed by atoms with Gasteiger partial charge in [0.1, 0.15) is 6.04 Å². The van der Waals surface area contributed by atoms with E-state index >= 15 is 0 Å². The molecule has 1 aliphatic rings. The third-order valence-electron chi connectivity index (χ3n) is 3.97. The molecule has 0 radical (unpaired) electrons. The summed E-state index contributed by atoms with van der Waals surface area (Å²) in [7, 11) is 0. The number of carbonyl (C=O) groups is 2. The van der Waals surface area contributed by atoms with Crippen molar-refractivity contribution < 1.29 is 14.7 Å². The second-order valence-electron chi connectivity index (χ2n) is 6.75. The van der Waals surface area contributed by atoms with Gasteiger partial charge in [-0.1, -0.05) is 26.8 Å². The van der Waals surface area contributed by atoms with E-state index in [0.717, 1.165) is 11.3 Å². The van der Waals surface area contributed by atoms with Crippen LogP contribution in [0.3, 0.4) is 0 Å². The summed E-state index contributed by atoms with van der Waals surface area (Å²) in [5.74, 6) is -0.958. The number of nitrogens with zero attached hydrogens (tertiary/aromatic N) is 3. The molecule has 0 aromatic carbocycles. The van der Waals surface area contributed by atoms with Crippen LogP contribution in [-0.4, -0.2) is 51.0 Å². The van der Waals surface area contributed by atoms with Crippen LogP contribution < -0.4 is 0 Å². The van der Waals surface area contributed by atoms with Crippen LogP contribution in [0.1, 0.15) is 32.0 Å². The standard InChI is InChI=1S/C16H23N3O3/c1-11-12(6-5-7-17-11)10-18-8-9-19(15(18)22)13(14(20)21)16(2,3)4/h5-7,13H,8-10H2,1-4H3,(H,20,21)/t13-/m1/s1. The minimum Gasteiger partial charge on any atom is -0.480 e. The molecule has 6 heteroatoms. The fourth-order valence-corrected chi connectivity index (χ4v) is 2.85. The third kappa shape index (κ3) is 3.21. The number of amides is 2. The minimum atomic E-state index is -0.958. The molecule has 1 atom stereocenters. The molecule has 0 spiro atoms. The molecule has 0 bridgehead atoms. The maximum Gasteiger partial charge on any atom is 0.327 e. The predicted octanol–water partition coefficient (Wildman–Crippen LogP) is 2.13. The summed E-state index contributed by atoms with van der Waals surface area (Å²) in [6.07, 6.45) is 1.72. The second-order valence-corrected chi connectivity index (χ2v) is 6.75. The summed E-state index contributed by atoms with van der Waals surface area (Å²) in [6.45, 7) is 8.86. The first-order valence-electron chi connectivity index (χ1n) is 7.40. The van der Waals surface area contributed by atoms with Gasteiger partial charge in [-0.2, -0.15) is 0 Å². The van der Waals surface area contributed by atoms with Crippen molar-refractivity contribution >= 4 is 12.0 Å². The summed E-state index contributed by atoms with van der Waals surface area (Å²) in [5.41, 5.74) is 1.36. The van der Waals surface area contributed by atoms with Crippen LogP contribution in [0.15, 0.2) is 18.3 Å². The van der Waals surface area contributed by atoms with Gasteiger partial charge in [0, 0.05) is 31.5 Å². The van der Waals surface area contributed by atoms with E-state index in [1.54, 1.807) is 11.1 Å². The van der Waals surface area contributed by atoms with Gasteiger partial charge in [-0.25, -0.2) is 9.59 Å². The quantitative estimate of drug-likeness (QED) is 0.924. The number of carboxylic acid groups (broad SMARTS) is 1. The van der Waals surface area contributed by atoms with E-state index in [9.17, 15) is 14.7 Å². The van der Waals surface area contributed by atoms with Crippen LogP contribution in [0.2, 0.25) is 0 Å². The number of pyridine rings is 1. The molecular weight excluding hydrogens is 282 g/mol. The average molecular weight is 305 g/mol. The monoisotopic (exact) mass is 305 g/mol. The van der Waals surface area contributed by atoms with Gasteiger partial charge >= 0.3 is 12.0 Å². The molecule has 1 N–H and O–H groups in total. The fraction of sp³-hybridized carbons (Fsp3) is 0.562. The molecule has 1 saturated heterocycles. The van der Waals surface area contributed by atoms with Crippen LogP contribution in [-0.2, 0) is 11.3 Å². The number of aromatic nitrogens is 1. The summed E-state index contributed by atoms with van der Waals surface area (Å²) in [5, 5.41) is 9.48. The number of carbonyl (C=O) groups excluding carboxylic acids is 1. The van der Waals surface area contributed by atoms with E-state index in [4.69, 9.17) is 0 Å². The van der Waals surface area contributed by atoms with Gasteiger partial charge in [0.15, 0.2) is 0 Å². The third-order valence-corrected chi connectivity index (χ3v) is 3.97. The zero-order chi connectivity index (χ0) is 16.5. The lowest BCUT2D eigenvalue weighted by atomic mass is 9.86. The number of urea groups is 1. The van der Waals surface area contributed by atoms with Crippen molar-refractivity contribution in [2.24, 2.45) is 5.41 Å². The zero-order valence-corrected chi connectivity index (χ0v) is 13.5. The summed E-state index contributed by atoms with van der Waals surface area (Å²) in [6, 6.07) is 2.75. The lowest BCUT2D eigenvalue weighted by molar-refractivity contribution is -0.145. The molecular formula is C16H23N3O3. The van der Waals surface area contributed by atoms with Crippen molar-refractivity contribution in [3.8, 4) is 0 Å². The van der Waals surface area contributed by atoms with Crippen LogP contribution >= 0.6 is 0 Å². The molecule has 1 aromatic heterocycles. The normalized spacial score (nSPS) is 17.0. The van der Waals surface area contributed by atoms with Crippen LogP contribution in [0.25, 0.3) is 0 Å². The molecule has 1 aromatic rings. The molecule has 22 heavy (non-hydrogen) atoms. The lowest BCUT2D eigenvalue weighted by Gasteiger charge is -2.34. The van der Waals surface area contributed by atoms with Crippen molar-refractivity contribution in [2.75, 3.05) is 13.1 Å². The Morgan fingerprint density at radius 2 is 2.09 bits per heavy atom. The molecule has 0 aliphatic carbocycles. The first-order chi connectivity index (χ1) is 10.2. The van der Waals surface area contributed by atoms with Crippen molar-refractivity contribution in [3.63, 3.8) is 0 Å². The molecule has 1 aliphatic heterocycles. The minimum absolute atomic E-state index is 0.217. The lowest BCUT2D eigenvalue weighted by Crippen LogP contribution is -2.50. The SMILES string of the molecule is Cc1ncccc1CN1CCN([C@H](C(=O)O)C(C)(C)C)C1=O. The molecule has 0 unspecified atom stereocenters. The molecule has 2 amide bonds. The topological polar surface area (TPSA) is 73.7 Å². The fourth-order valence-electron chi connectivity index (χ4n) is 2.85. The Morgan fingerprint density at radius 3 is 2.64 bits per heavy atom. The van der Waals surface area contributed by atoms with E-state index < -0.39 is 17.4 Å². The van der Waals surface area contributed by atoms with Crippen molar-refractivity contribution in [3.05, 3.63) is 29.6 Å². The highest BCUT2D eigenvalue weighted by molar-refractivity contribution is 5.84. The highest BCUT2D eigenvalue weighted by Gasteiger charge is 2.43. The van der Waals surface area contributed by atoms with Gasteiger partial charge in [-0.3, -0.25) is 4.98 Å². The predicted molar refractivity (Wildman–Crippen MR) is 82.4 cm³/mol. The number of aliphatic carboxylic acids is 1. The first kappa shape index (κ1) is 16.3. The van der Waals surface area contributed by atoms with Gasteiger partial charge < -0.3 is 14.9 Å². The number of aryl methyl sites for hydroxylation is 1. The summed E-state index contributed by atoms with van der Waals surface area (Å²) >= 11 is 0. The highest BCUT2D eigenvalue weighted by Crippen LogP contribution is 2.28. The van der Waals surface area contributed by atoms with E-state index in [2.05, 4.69) is 4.98 Å². The van der Waals surface area contributed by atoms with Gasteiger partial charge in [-0.15, -0.1) is 0 Å². The summed E-state index contributed by atoms with van der Waals surface area (Å²) < 4.78 is 0. The molecule has 6 nitrogen and oxygen atoms in total. The van der Waals surface area contributed by atoms with Crippen LogP contribution in [0, 0.1) is 12.3 Å². The number of hydrogen-bond acceptors (Lipinski definition) is 3. The Morgan fingerprint density at radius 1 is 1.41 bits per heavy atom. The average Bonchev–Trinajstić information content (AvgIpc) is 2.73. The van der Waals surface area contributed by atoms with Gasteiger partial charge in [0.2, 0.25) is 0 Å². The smallest absolute Gasteiger partial charge is 0.327 e. The van der Waals surface area contributed by atoms with Crippen molar-refractivity contribution in [1.82, 2.24) is 14.8 Å². The number of hydrogen-bond donors (Lipinski definition) is 1. The van der Waals surface area contributed by atoms with Gasteiger partial charge in [0.25, 0.3) is 0 Å². The van der Waals surface area contributed by atoms with E-state index in [-0.39, 0.29) is 6.03 Å². The van der Waals surface area contributed by atoms with Gasteiger partial charge in [0.05, 0.1) is 0 Å².